The average Bonchev–Trinajstić information content (AvgIpc) is 2.41. The third kappa shape index (κ3) is 3.19. The average molecular weight is 347 g/mol. The zero-order chi connectivity index (χ0) is 12.1. The van der Waals surface area contributed by atoms with Gasteiger partial charge in [-0.15, -0.1) is 0 Å². The molecule has 1 saturated heterocycles. The van der Waals surface area contributed by atoms with Gasteiger partial charge in [-0.1, -0.05) is 0 Å². The van der Waals surface area contributed by atoms with Gasteiger partial charge in [-0.25, -0.2) is 0 Å². The molecule has 1 atom stereocenters. The molecule has 1 aromatic rings. The van der Waals surface area contributed by atoms with E-state index in [1.165, 1.54) is 24.4 Å². The van der Waals surface area contributed by atoms with Crippen molar-refractivity contribution in [3.05, 3.63) is 35.9 Å². The van der Waals surface area contributed by atoms with Crippen LogP contribution in [0.1, 0.15) is 22.3 Å². The minimum atomic E-state index is -1.46. The summed E-state index contributed by atoms with van der Waals surface area (Å²) in [5, 5.41) is 0. The molecule has 1 N–H and O–H groups in total. The quantitative estimate of drug-likeness (QED) is 0.396. The van der Waals surface area contributed by atoms with Crippen LogP contribution in [-0.4, -0.2) is 24.1 Å². The predicted molar refractivity (Wildman–Crippen MR) is 77.3 cm³/mol. The fraction of sp³-hybridized carbons (Fsp3) is 0.462. The first kappa shape index (κ1) is 12.8. The molecule has 1 unspecified atom stereocenters. The molecule has 17 heavy (non-hydrogen) atoms. The van der Waals surface area contributed by atoms with E-state index >= 15 is 0 Å². The number of carbonyl (C=O) groups is 1. The van der Waals surface area contributed by atoms with Crippen LogP contribution in [0.15, 0.2) is 30.3 Å². The Morgan fingerprint density at radius 3 is 2.71 bits per heavy atom. The van der Waals surface area contributed by atoms with Crippen LogP contribution in [0, 0.1) is 0 Å². The number of nitrogens with one attached hydrogen (secondary N) is 1. The summed E-state index contributed by atoms with van der Waals surface area (Å²) < 4.78 is 9.74. The number of hydrogen-bond acceptors (Lipinski definition) is 3. The summed E-state index contributed by atoms with van der Waals surface area (Å²) in [6.07, 6.45) is 2.48. The van der Waals surface area contributed by atoms with Crippen molar-refractivity contribution in [2.45, 2.75) is 16.8 Å². The van der Waals surface area contributed by atoms with Gasteiger partial charge >= 0.3 is 110 Å². The maximum absolute atomic E-state index is 12.0. The summed E-state index contributed by atoms with van der Waals surface area (Å²) >= 11 is -1.46. The number of carbonyl (C=O) groups excluding carboxylic acids is 1. The predicted octanol–water partition coefficient (Wildman–Crippen LogP) is 2.71. The van der Waals surface area contributed by atoms with E-state index in [4.69, 9.17) is 4.74 Å². The van der Waals surface area contributed by atoms with Crippen molar-refractivity contribution < 1.29 is 9.53 Å². The van der Waals surface area contributed by atoms with Gasteiger partial charge in [0.25, 0.3) is 0 Å². The van der Waals surface area contributed by atoms with Crippen LogP contribution in [0.4, 0.5) is 0 Å². The van der Waals surface area contributed by atoms with Gasteiger partial charge in [0.15, 0.2) is 0 Å². The van der Waals surface area contributed by atoms with Gasteiger partial charge in [0.1, 0.15) is 0 Å². The summed E-state index contributed by atoms with van der Waals surface area (Å²) in [6.45, 7) is 1.06. The Balaban J connectivity index is 2.21. The molecule has 1 aromatic carbocycles. The van der Waals surface area contributed by atoms with E-state index in [9.17, 15) is 4.79 Å². The van der Waals surface area contributed by atoms with E-state index < -0.39 is 20.1 Å². The fourth-order valence-electron chi connectivity index (χ4n) is 1.93. The molecular weight excluding hydrogens is 329 g/mol. The van der Waals surface area contributed by atoms with Gasteiger partial charge in [-0.3, -0.25) is 0 Å². The summed E-state index contributed by atoms with van der Waals surface area (Å²) in [7, 11) is 1.48. The number of benzene rings is 1. The van der Waals surface area contributed by atoms with E-state index in [-0.39, 0.29) is 9.89 Å². The molecule has 0 saturated carbocycles. The Labute approximate surface area is 110 Å². The molecule has 1 aliphatic rings. The molecule has 0 radical (unpaired) electrons. The monoisotopic (exact) mass is 347 g/mol. The first-order chi connectivity index (χ1) is 8.33. The van der Waals surface area contributed by atoms with Gasteiger partial charge < -0.3 is 0 Å². The zero-order valence-electron chi connectivity index (χ0n) is 9.99. The molecule has 0 spiro atoms. The molecule has 0 aromatic heterocycles. The number of esters is 1. The van der Waals surface area contributed by atoms with Crippen LogP contribution >= 0.6 is 20.1 Å². The zero-order valence-corrected chi connectivity index (χ0v) is 12.1. The van der Waals surface area contributed by atoms with Crippen LogP contribution in [0.25, 0.3) is 0 Å². The second kappa shape index (κ2) is 6.35. The van der Waals surface area contributed by atoms with E-state index in [0.717, 1.165) is 12.1 Å². The first-order valence-corrected chi connectivity index (χ1v) is 9.68. The van der Waals surface area contributed by atoms with E-state index in [2.05, 4.69) is 3.53 Å². The third-order valence-electron chi connectivity index (χ3n) is 2.79. The molecule has 4 heteroatoms. The molecule has 0 bridgehead atoms. The molecular formula is C13H18INO2. The van der Waals surface area contributed by atoms with Crippen LogP contribution in [0.3, 0.4) is 0 Å². The van der Waals surface area contributed by atoms with Crippen molar-refractivity contribution in [3.8, 4) is 0 Å². The van der Waals surface area contributed by atoms with Crippen LogP contribution in [0.5, 0.6) is 0 Å². The first-order valence-electron chi connectivity index (χ1n) is 5.83. The summed E-state index contributed by atoms with van der Waals surface area (Å²) in [4.78, 5) is 12.0. The van der Waals surface area contributed by atoms with Crippen molar-refractivity contribution in [1.29, 1.82) is 0 Å². The Hall–Kier alpha value is -0.620. The van der Waals surface area contributed by atoms with Crippen molar-refractivity contribution >= 4 is 26.1 Å². The Morgan fingerprint density at radius 2 is 2.12 bits per heavy atom. The van der Waals surface area contributed by atoms with Crippen molar-refractivity contribution in [2.24, 2.45) is 0 Å². The van der Waals surface area contributed by atoms with Crippen molar-refractivity contribution in [1.82, 2.24) is 3.53 Å². The topological polar surface area (TPSA) is 38.3 Å². The number of halogens is 1. The van der Waals surface area contributed by atoms with Gasteiger partial charge in [-0.2, -0.15) is 0 Å². The molecule has 1 aliphatic heterocycles. The molecule has 1 fully saturated rings. The van der Waals surface area contributed by atoms with E-state index in [0.29, 0.717) is 0 Å². The van der Waals surface area contributed by atoms with Crippen LogP contribution < -0.4 is 3.53 Å². The van der Waals surface area contributed by atoms with Gasteiger partial charge in [0, 0.05) is 0 Å². The third-order valence-corrected chi connectivity index (χ3v) is 8.97. The molecule has 2 rings (SSSR count). The molecule has 0 amide bonds. The summed E-state index contributed by atoms with van der Waals surface area (Å²) in [6, 6.07) is 10.0. The molecule has 3 nitrogen and oxygen atoms in total. The normalized spacial score (nSPS) is 19.7. The molecule has 94 valence electrons. The number of methoxy groups -OCH3 is 1. The van der Waals surface area contributed by atoms with Crippen LogP contribution in [-0.2, 0) is 9.53 Å². The van der Waals surface area contributed by atoms with E-state index in [1.54, 1.807) is 0 Å². The van der Waals surface area contributed by atoms with Crippen molar-refractivity contribution in [2.75, 3.05) is 18.1 Å². The molecule has 0 aliphatic carbocycles. The van der Waals surface area contributed by atoms with Crippen molar-refractivity contribution in [3.63, 3.8) is 0 Å². The minimum absolute atomic E-state index is 0.0225. The summed E-state index contributed by atoms with van der Waals surface area (Å²) in [5.74, 6) is -0.0733. The number of ether oxygens (including phenoxy) is 1. The van der Waals surface area contributed by atoms with Gasteiger partial charge in [-0.05, 0) is 0 Å². The Kier molecular flexibility index (Phi) is 4.79. The number of alkyl halides is 2. The van der Waals surface area contributed by atoms with E-state index in [1.807, 2.05) is 30.3 Å². The van der Waals surface area contributed by atoms with Gasteiger partial charge in [0.05, 0.1) is 0 Å². The summed E-state index contributed by atoms with van der Waals surface area (Å²) in [5.41, 5.74) is 1.11. The maximum atomic E-state index is 12.0. The SMILES string of the molecule is COC(=O)C(c1ccccc1)I1CCCCN1. The number of hydrogen-bond donors (Lipinski definition) is 1. The van der Waals surface area contributed by atoms with Gasteiger partial charge in [0.2, 0.25) is 0 Å². The standard InChI is InChI=1S/C13H18INO2/c1-17-13(16)12(11-7-3-2-4-8-11)14-9-5-6-10-15-14/h2-4,7-8,12,15H,5-6,9-10H2,1H3. The second-order valence-electron chi connectivity index (χ2n) is 3.97. The fourth-order valence-corrected chi connectivity index (χ4v) is 7.96. The molecule has 1 heterocycles. The number of rotatable bonds is 3. The van der Waals surface area contributed by atoms with Crippen LogP contribution in [0.2, 0.25) is 0 Å². The Morgan fingerprint density at radius 1 is 1.35 bits per heavy atom. The second-order valence-corrected chi connectivity index (χ2v) is 9.33. The Bertz CT molecular complexity index is 363.